The van der Waals surface area contributed by atoms with Crippen molar-refractivity contribution in [3.63, 3.8) is 0 Å². The molecular weight excluding hydrogens is 821 g/mol. The number of hydrogen-bond donors (Lipinski definition) is 1. The molecule has 0 saturated carbocycles. The minimum absolute atomic E-state index is 0.401. The van der Waals surface area contributed by atoms with Gasteiger partial charge in [0, 0.05) is 11.1 Å². The van der Waals surface area contributed by atoms with Crippen molar-refractivity contribution in [2.75, 3.05) is 0 Å². The van der Waals surface area contributed by atoms with Crippen molar-refractivity contribution in [2.45, 2.75) is 24.2 Å². The third kappa shape index (κ3) is 5.46. The first-order valence-electron chi connectivity index (χ1n) is 23.6. The van der Waals surface area contributed by atoms with Gasteiger partial charge in [0.15, 0.2) is 0 Å². The predicted octanol–water partition coefficient (Wildman–Crippen LogP) is 15.7. The van der Waals surface area contributed by atoms with Gasteiger partial charge in [-0.15, -0.1) is 0 Å². The molecule has 2 nitrogen and oxygen atoms in total. The van der Waals surface area contributed by atoms with Gasteiger partial charge in [-0.25, -0.2) is 0 Å². The number of benzene rings is 10. The Labute approximate surface area is 398 Å². The number of fused-ring (bicyclic) bond motifs is 20. The summed E-state index contributed by atoms with van der Waals surface area (Å²) in [5.41, 5.74) is 28.0. The smallest absolute Gasteiger partial charge is 0.0720 e. The third-order valence-corrected chi connectivity index (χ3v) is 15.3. The molecule has 0 bridgehead atoms. The highest BCUT2D eigenvalue weighted by molar-refractivity contribution is 6.14. The fraction of sp³-hybridized carbons (Fsp3) is 0.0606. The highest BCUT2D eigenvalue weighted by Crippen LogP contribution is 2.68. The highest BCUT2D eigenvalue weighted by atomic mass is 14.7. The lowest BCUT2D eigenvalue weighted by Gasteiger charge is -2.49. The van der Waals surface area contributed by atoms with Crippen LogP contribution >= 0.6 is 0 Å². The molecule has 68 heavy (non-hydrogen) atoms. The number of aliphatic imine (C=N–C) groups is 1. The van der Waals surface area contributed by atoms with Gasteiger partial charge in [-0.2, -0.15) is 0 Å². The van der Waals surface area contributed by atoms with Crippen LogP contribution in [0.5, 0.6) is 0 Å². The van der Waals surface area contributed by atoms with Crippen LogP contribution in [0, 0.1) is 12.3 Å². The largest absolute Gasteiger partial charge is 0.300 e. The van der Waals surface area contributed by atoms with E-state index in [0.717, 1.165) is 28.8 Å². The molecule has 2 spiro atoms. The number of hydrogen-bond acceptors (Lipinski definition) is 2. The van der Waals surface area contributed by atoms with Gasteiger partial charge in [0.1, 0.15) is 0 Å². The van der Waals surface area contributed by atoms with Crippen molar-refractivity contribution >= 4 is 18.1 Å². The molecule has 0 radical (unpaired) electrons. The third-order valence-electron chi connectivity index (χ3n) is 15.3. The molecule has 320 valence electrons. The van der Waals surface area contributed by atoms with E-state index in [2.05, 4.69) is 182 Å². The van der Waals surface area contributed by atoms with E-state index in [1.165, 1.54) is 100 Å². The van der Waals surface area contributed by atoms with E-state index in [4.69, 9.17) is 5.41 Å². The maximum atomic E-state index is 8.40. The molecule has 14 rings (SSSR count). The van der Waals surface area contributed by atoms with Crippen LogP contribution < -0.4 is 0 Å². The van der Waals surface area contributed by atoms with E-state index in [-0.39, 0.29) is 0 Å². The lowest BCUT2D eigenvalue weighted by molar-refractivity contribution is 0.632. The molecule has 0 amide bonds. The average molecular weight is 867 g/mol. The molecule has 0 unspecified atom stereocenters. The van der Waals surface area contributed by atoms with E-state index >= 15 is 0 Å². The van der Waals surface area contributed by atoms with E-state index in [0.29, 0.717) is 5.71 Å². The monoisotopic (exact) mass is 866 g/mol. The molecule has 0 atom stereocenters. The number of nitrogens with zero attached hydrogens (tertiary/aromatic N) is 1. The summed E-state index contributed by atoms with van der Waals surface area (Å²) in [6.07, 6.45) is 0.997. The van der Waals surface area contributed by atoms with Gasteiger partial charge in [-0.1, -0.05) is 230 Å². The number of para-hydroxylation sites is 1. The molecule has 4 aliphatic rings. The SMILES string of the molecule is C=Nc1ccccc1C(=N)c1ccc(-c2ccccc2)cc1.Cc1ccc2c(c1)C1(c3ccccc3C3(c4ccccc4-c4ccccc43)c3ccccc31)c1ccc3c(c1-2)-c1ccccc1C3. The molecule has 10 aromatic rings. The summed E-state index contributed by atoms with van der Waals surface area (Å²) in [5, 5.41) is 8.40. The molecule has 0 aromatic heterocycles. The first kappa shape index (κ1) is 39.9. The Morgan fingerprint density at radius 1 is 0.412 bits per heavy atom. The molecule has 4 aliphatic carbocycles. The lowest BCUT2D eigenvalue weighted by atomic mass is 9.52. The van der Waals surface area contributed by atoms with E-state index in [9.17, 15) is 0 Å². The molecule has 0 heterocycles. The Hall–Kier alpha value is -8.46. The van der Waals surface area contributed by atoms with Gasteiger partial charge in [0.25, 0.3) is 0 Å². The minimum atomic E-state index is -0.436. The van der Waals surface area contributed by atoms with Crippen LogP contribution in [0.25, 0.3) is 44.5 Å². The van der Waals surface area contributed by atoms with Crippen LogP contribution in [0.15, 0.2) is 236 Å². The second-order valence-corrected chi connectivity index (χ2v) is 18.6. The van der Waals surface area contributed by atoms with Gasteiger partial charge >= 0.3 is 0 Å². The quantitative estimate of drug-likeness (QED) is 0.171. The molecule has 2 heteroatoms. The first-order chi connectivity index (χ1) is 33.5. The molecular formula is C66H46N2. The Balaban J connectivity index is 0.000000175. The van der Waals surface area contributed by atoms with E-state index in [1.54, 1.807) is 0 Å². The summed E-state index contributed by atoms with van der Waals surface area (Å²) in [6, 6.07) is 84.1. The molecule has 1 N–H and O–H groups in total. The van der Waals surface area contributed by atoms with Crippen LogP contribution in [0.3, 0.4) is 0 Å². The van der Waals surface area contributed by atoms with E-state index in [1.807, 2.05) is 66.7 Å². The molecule has 0 fully saturated rings. The number of rotatable bonds is 4. The first-order valence-corrected chi connectivity index (χ1v) is 23.6. The molecule has 0 aliphatic heterocycles. The van der Waals surface area contributed by atoms with Crippen LogP contribution in [0.4, 0.5) is 5.69 Å². The second kappa shape index (κ2) is 15.3. The maximum Gasteiger partial charge on any atom is 0.0720 e. The zero-order chi connectivity index (χ0) is 45.6. The van der Waals surface area contributed by atoms with Crippen LogP contribution in [-0.2, 0) is 17.3 Å². The molecule has 0 saturated heterocycles. The number of aryl methyl sites for hydroxylation is 1. The van der Waals surface area contributed by atoms with Crippen LogP contribution in [0.2, 0.25) is 0 Å². The Morgan fingerprint density at radius 3 is 1.56 bits per heavy atom. The van der Waals surface area contributed by atoms with Gasteiger partial charge in [0.2, 0.25) is 0 Å². The van der Waals surface area contributed by atoms with Crippen molar-refractivity contribution in [3.05, 3.63) is 303 Å². The summed E-state index contributed by atoms with van der Waals surface area (Å²) >= 11 is 0. The van der Waals surface area contributed by atoms with Crippen molar-refractivity contribution in [1.82, 2.24) is 0 Å². The highest BCUT2D eigenvalue weighted by Gasteiger charge is 2.59. The average Bonchev–Trinajstić information content (AvgIpc) is 4.03. The van der Waals surface area contributed by atoms with Crippen molar-refractivity contribution in [2.24, 2.45) is 4.99 Å². The van der Waals surface area contributed by atoms with Gasteiger partial charge in [-0.3, -0.25) is 10.4 Å². The van der Waals surface area contributed by atoms with Gasteiger partial charge in [0.05, 0.1) is 22.2 Å². The predicted molar refractivity (Wildman–Crippen MR) is 281 cm³/mol. The fourth-order valence-corrected chi connectivity index (χ4v) is 12.5. The zero-order valence-corrected chi connectivity index (χ0v) is 37.8. The van der Waals surface area contributed by atoms with Gasteiger partial charge in [-0.05, 0) is 126 Å². The summed E-state index contributed by atoms with van der Waals surface area (Å²) in [4.78, 5) is 3.99. The Morgan fingerprint density at radius 2 is 0.926 bits per heavy atom. The van der Waals surface area contributed by atoms with Crippen molar-refractivity contribution in [1.29, 1.82) is 5.41 Å². The summed E-state index contributed by atoms with van der Waals surface area (Å²) < 4.78 is 0. The van der Waals surface area contributed by atoms with Crippen molar-refractivity contribution in [3.8, 4) is 44.5 Å². The normalized spacial score (nSPS) is 14.0. The zero-order valence-electron chi connectivity index (χ0n) is 37.8. The minimum Gasteiger partial charge on any atom is -0.300 e. The molecule has 10 aromatic carbocycles. The summed E-state index contributed by atoms with van der Waals surface area (Å²) in [5.74, 6) is 0. The van der Waals surface area contributed by atoms with Gasteiger partial charge < -0.3 is 0 Å². The van der Waals surface area contributed by atoms with Crippen molar-refractivity contribution < 1.29 is 0 Å². The standard InChI is InChI=1S/C46H30.C20H16N2/c1-28-22-24-34-42(26-28)46(41-25-23-30-27-29-12-2-3-13-31(29)43(30)44(34)41)39-20-10-8-18-37(39)45(38-19-9-11-21-40(38)46)35-16-6-4-14-32(35)33-15-5-7-17-36(33)45;1-22-19-10-6-5-9-18(19)20(21)17-13-11-16(12-14-17)15-7-3-2-4-8-15/h2-26H,27H2,1H3;2-14,21H,1H2. The fourth-order valence-electron chi connectivity index (χ4n) is 12.5. The lowest BCUT2D eigenvalue weighted by Crippen LogP contribution is -2.43. The Kier molecular flexibility index (Phi) is 8.97. The number of nitrogens with one attached hydrogen (secondary N) is 1. The second-order valence-electron chi connectivity index (χ2n) is 18.6. The summed E-state index contributed by atoms with van der Waals surface area (Å²) in [6.45, 7) is 5.83. The van der Waals surface area contributed by atoms with Crippen LogP contribution in [-0.4, -0.2) is 12.4 Å². The van der Waals surface area contributed by atoms with Crippen LogP contribution in [0.1, 0.15) is 72.3 Å². The Bertz CT molecular complexity index is 3610. The van der Waals surface area contributed by atoms with E-state index < -0.39 is 10.8 Å². The summed E-state index contributed by atoms with van der Waals surface area (Å²) in [7, 11) is 0. The topological polar surface area (TPSA) is 36.2 Å². The maximum absolute atomic E-state index is 8.40.